The van der Waals surface area contributed by atoms with E-state index in [1.807, 2.05) is 6.92 Å². The molecule has 0 fully saturated rings. The van der Waals surface area contributed by atoms with Gasteiger partial charge in [-0.05, 0) is 24.8 Å². The van der Waals surface area contributed by atoms with E-state index < -0.39 is 11.6 Å². The van der Waals surface area contributed by atoms with Crippen molar-refractivity contribution in [3.63, 3.8) is 0 Å². The summed E-state index contributed by atoms with van der Waals surface area (Å²) in [6, 6.07) is 2.14. The Morgan fingerprint density at radius 1 is 1.20 bits per heavy atom. The molecule has 0 radical (unpaired) electrons. The molecule has 4 heteroatoms. The van der Waals surface area contributed by atoms with Gasteiger partial charge in [-0.1, -0.05) is 27.7 Å². The largest absolute Gasteiger partial charge is 0.497 e. The Bertz CT molecular complexity index is 418. The van der Waals surface area contributed by atoms with Crippen molar-refractivity contribution in [3.05, 3.63) is 29.3 Å². The van der Waals surface area contributed by atoms with Crippen LogP contribution in [0.15, 0.2) is 12.1 Å². The second kappa shape index (κ2) is 7.02. The first-order valence-corrected chi connectivity index (χ1v) is 7.04. The molecular formula is C16H25F2NO. The van der Waals surface area contributed by atoms with Crippen LogP contribution in [0.5, 0.6) is 5.75 Å². The molecule has 114 valence electrons. The van der Waals surface area contributed by atoms with E-state index >= 15 is 0 Å². The quantitative estimate of drug-likeness (QED) is 0.833. The van der Waals surface area contributed by atoms with Crippen molar-refractivity contribution in [2.45, 2.75) is 46.6 Å². The molecule has 0 amide bonds. The van der Waals surface area contributed by atoms with Crippen LogP contribution in [0.3, 0.4) is 0 Å². The molecule has 2 nitrogen and oxygen atoms in total. The molecule has 0 aliphatic heterocycles. The molecule has 1 aromatic rings. The molecule has 0 spiro atoms. The molecule has 1 aromatic carbocycles. The zero-order valence-electron chi connectivity index (χ0n) is 13.0. The number of nitrogens with one attached hydrogen (secondary N) is 1. The minimum Gasteiger partial charge on any atom is -0.497 e. The highest BCUT2D eigenvalue weighted by Crippen LogP contribution is 2.33. The molecule has 0 saturated carbocycles. The Hall–Kier alpha value is -1.16. The van der Waals surface area contributed by atoms with Gasteiger partial charge >= 0.3 is 0 Å². The lowest BCUT2D eigenvalue weighted by Gasteiger charge is -2.28. The molecule has 0 aliphatic carbocycles. The van der Waals surface area contributed by atoms with E-state index in [1.165, 1.54) is 19.2 Å². The molecule has 0 heterocycles. The Balaban J connectivity index is 3.12. The Kier molecular flexibility index (Phi) is 5.93. The van der Waals surface area contributed by atoms with Gasteiger partial charge in [0.15, 0.2) is 0 Å². The Morgan fingerprint density at radius 2 is 1.75 bits per heavy atom. The number of halogens is 2. The van der Waals surface area contributed by atoms with E-state index in [4.69, 9.17) is 4.74 Å². The lowest BCUT2D eigenvalue weighted by Crippen LogP contribution is -2.28. The summed E-state index contributed by atoms with van der Waals surface area (Å²) in [5, 5.41) is 3.24. The van der Waals surface area contributed by atoms with Crippen molar-refractivity contribution < 1.29 is 13.5 Å². The van der Waals surface area contributed by atoms with Gasteiger partial charge in [-0.25, -0.2) is 8.78 Å². The van der Waals surface area contributed by atoms with Gasteiger partial charge in [0.05, 0.1) is 7.11 Å². The minimum absolute atomic E-state index is 0.0236. The van der Waals surface area contributed by atoms with E-state index in [-0.39, 0.29) is 22.8 Å². The number of methoxy groups -OCH3 is 1. The van der Waals surface area contributed by atoms with E-state index in [2.05, 4.69) is 26.1 Å². The predicted molar refractivity (Wildman–Crippen MR) is 78.0 cm³/mol. The zero-order valence-corrected chi connectivity index (χ0v) is 13.0. The monoisotopic (exact) mass is 285 g/mol. The molecule has 0 aromatic heterocycles. The van der Waals surface area contributed by atoms with Crippen LogP contribution in [0, 0.1) is 17.0 Å². The molecule has 20 heavy (non-hydrogen) atoms. The second-order valence-corrected chi connectivity index (χ2v) is 6.28. The maximum absolute atomic E-state index is 14.2. The first-order chi connectivity index (χ1) is 9.28. The van der Waals surface area contributed by atoms with E-state index in [9.17, 15) is 8.78 Å². The summed E-state index contributed by atoms with van der Waals surface area (Å²) in [5.41, 5.74) is 0.0821. The number of benzene rings is 1. The van der Waals surface area contributed by atoms with Crippen LogP contribution in [-0.2, 0) is 0 Å². The van der Waals surface area contributed by atoms with Crippen LogP contribution in [-0.4, -0.2) is 13.7 Å². The topological polar surface area (TPSA) is 21.3 Å². The predicted octanol–water partition coefficient (Wildman–Crippen LogP) is 4.45. The molecule has 1 rings (SSSR count). The van der Waals surface area contributed by atoms with Crippen LogP contribution >= 0.6 is 0 Å². The summed E-state index contributed by atoms with van der Waals surface area (Å²) in [4.78, 5) is 0. The maximum Gasteiger partial charge on any atom is 0.134 e. The van der Waals surface area contributed by atoms with Gasteiger partial charge < -0.3 is 10.1 Å². The Labute approximate surface area is 120 Å². The first kappa shape index (κ1) is 16.9. The number of hydrogen-bond donors (Lipinski definition) is 1. The van der Waals surface area contributed by atoms with E-state index in [0.717, 1.165) is 13.0 Å². The number of ether oxygens (including phenoxy) is 1. The van der Waals surface area contributed by atoms with E-state index in [0.29, 0.717) is 6.42 Å². The average molecular weight is 285 g/mol. The van der Waals surface area contributed by atoms with Gasteiger partial charge in [0, 0.05) is 23.7 Å². The maximum atomic E-state index is 14.2. The van der Waals surface area contributed by atoms with Crippen LogP contribution < -0.4 is 10.1 Å². The standard InChI is InChI=1S/C16H25F2NO/c1-6-7-19-14(10-16(2,3)4)15-12(17)8-11(20-5)9-13(15)18/h8-9,14,19H,6-7,10H2,1-5H3. The highest BCUT2D eigenvalue weighted by molar-refractivity contribution is 5.32. The van der Waals surface area contributed by atoms with Gasteiger partial charge in [0.25, 0.3) is 0 Å². The normalized spacial score (nSPS) is 13.3. The third-order valence-electron chi connectivity index (χ3n) is 3.09. The van der Waals surface area contributed by atoms with Gasteiger partial charge in [-0.3, -0.25) is 0 Å². The van der Waals surface area contributed by atoms with Gasteiger partial charge in [-0.15, -0.1) is 0 Å². The summed E-state index contributed by atoms with van der Waals surface area (Å²) >= 11 is 0. The smallest absolute Gasteiger partial charge is 0.134 e. The molecule has 1 atom stereocenters. The van der Waals surface area contributed by atoms with Crippen molar-refractivity contribution in [1.29, 1.82) is 0 Å². The third-order valence-corrected chi connectivity index (χ3v) is 3.09. The highest BCUT2D eigenvalue weighted by atomic mass is 19.1. The lowest BCUT2D eigenvalue weighted by molar-refractivity contribution is 0.300. The molecule has 0 bridgehead atoms. The van der Waals surface area contributed by atoms with Gasteiger partial charge in [-0.2, -0.15) is 0 Å². The summed E-state index contributed by atoms with van der Waals surface area (Å²) in [6.45, 7) is 8.94. The zero-order chi connectivity index (χ0) is 15.3. The molecule has 0 saturated heterocycles. The van der Waals surface area contributed by atoms with Crippen molar-refractivity contribution >= 4 is 0 Å². The van der Waals surface area contributed by atoms with Crippen LogP contribution in [0.1, 0.15) is 52.1 Å². The fraction of sp³-hybridized carbons (Fsp3) is 0.625. The SMILES string of the molecule is CCCNC(CC(C)(C)C)c1c(F)cc(OC)cc1F. The second-order valence-electron chi connectivity index (χ2n) is 6.28. The lowest BCUT2D eigenvalue weighted by atomic mass is 9.85. The van der Waals surface area contributed by atoms with Crippen molar-refractivity contribution in [2.24, 2.45) is 5.41 Å². The van der Waals surface area contributed by atoms with Crippen LogP contribution in [0.25, 0.3) is 0 Å². The fourth-order valence-electron chi connectivity index (χ4n) is 2.22. The minimum atomic E-state index is -0.556. The summed E-state index contributed by atoms with van der Waals surface area (Å²) < 4.78 is 33.3. The van der Waals surface area contributed by atoms with Gasteiger partial charge in [0.2, 0.25) is 0 Å². The summed E-state index contributed by atoms with van der Waals surface area (Å²) in [6.07, 6.45) is 1.58. The van der Waals surface area contributed by atoms with Crippen molar-refractivity contribution in [3.8, 4) is 5.75 Å². The molecular weight excluding hydrogens is 260 g/mol. The highest BCUT2D eigenvalue weighted by Gasteiger charge is 2.25. The summed E-state index contributed by atoms with van der Waals surface area (Å²) in [5.74, 6) is -0.909. The van der Waals surface area contributed by atoms with E-state index in [1.54, 1.807) is 0 Å². The van der Waals surface area contributed by atoms with Crippen molar-refractivity contribution in [1.82, 2.24) is 5.32 Å². The summed E-state index contributed by atoms with van der Waals surface area (Å²) in [7, 11) is 1.40. The first-order valence-electron chi connectivity index (χ1n) is 7.04. The molecule has 1 unspecified atom stereocenters. The van der Waals surface area contributed by atoms with Gasteiger partial charge in [0.1, 0.15) is 17.4 Å². The number of hydrogen-bond acceptors (Lipinski definition) is 2. The van der Waals surface area contributed by atoms with Crippen LogP contribution in [0.4, 0.5) is 8.78 Å². The fourth-order valence-corrected chi connectivity index (χ4v) is 2.22. The third kappa shape index (κ3) is 4.75. The average Bonchev–Trinajstić information content (AvgIpc) is 2.32. The van der Waals surface area contributed by atoms with Crippen LogP contribution in [0.2, 0.25) is 0 Å². The Morgan fingerprint density at radius 3 is 2.15 bits per heavy atom. The van der Waals surface area contributed by atoms with Crippen molar-refractivity contribution in [2.75, 3.05) is 13.7 Å². The number of rotatable bonds is 6. The molecule has 0 aliphatic rings. The molecule has 1 N–H and O–H groups in total.